The summed E-state index contributed by atoms with van der Waals surface area (Å²) >= 11 is 6.09. The van der Waals surface area contributed by atoms with Gasteiger partial charge in [0.25, 0.3) is 0 Å². The predicted octanol–water partition coefficient (Wildman–Crippen LogP) is 3.91. The fourth-order valence-electron chi connectivity index (χ4n) is 1.49. The molecule has 0 aromatic rings. The number of ether oxygens (including phenoxy) is 1. The summed E-state index contributed by atoms with van der Waals surface area (Å²) in [5.41, 5.74) is 0. The fraction of sp³-hybridized carbons (Fsp3) is 0.917. The third kappa shape index (κ3) is 11.7. The highest BCUT2D eigenvalue weighted by atomic mass is 35.5. The normalized spacial score (nSPS) is 12.5. The van der Waals surface area contributed by atoms with Crippen molar-refractivity contribution in [2.45, 2.75) is 64.2 Å². The fourth-order valence-corrected chi connectivity index (χ4v) is 1.87. The molecule has 2 nitrogen and oxygen atoms in total. The Morgan fingerprint density at radius 1 is 1.20 bits per heavy atom. The average Bonchev–Trinajstić information content (AvgIpc) is 2.16. The predicted molar refractivity (Wildman–Crippen MR) is 64.3 cm³/mol. The quantitative estimate of drug-likeness (QED) is 0.344. The van der Waals surface area contributed by atoms with Gasteiger partial charge in [-0.05, 0) is 19.3 Å². The molecule has 0 saturated heterocycles. The molecule has 0 heterocycles. The molecule has 0 bridgehead atoms. The maximum absolute atomic E-state index is 10.5. The Morgan fingerprint density at radius 3 is 2.47 bits per heavy atom. The molecule has 3 heteroatoms. The van der Waals surface area contributed by atoms with Crippen LogP contribution >= 0.6 is 11.6 Å². The topological polar surface area (TPSA) is 26.3 Å². The highest BCUT2D eigenvalue weighted by Crippen LogP contribution is 2.14. The number of unbranched alkanes of at least 4 members (excludes halogenated alkanes) is 3. The van der Waals surface area contributed by atoms with Gasteiger partial charge in [-0.3, -0.25) is 4.79 Å². The van der Waals surface area contributed by atoms with Crippen LogP contribution in [0.3, 0.4) is 0 Å². The van der Waals surface area contributed by atoms with Crippen molar-refractivity contribution in [1.82, 2.24) is 0 Å². The molecule has 0 rings (SSSR count). The SMILES string of the molecule is CCCC(Cl)CCCCCCOC(C)=O. The minimum absolute atomic E-state index is 0.182. The Kier molecular flexibility index (Phi) is 10.1. The highest BCUT2D eigenvalue weighted by Gasteiger charge is 2.02. The zero-order valence-corrected chi connectivity index (χ0v) is 10.7. The Hall–Kier alpha value is -0.240. The molecule has 1 atom stereocenters. The molecular formula is C12H23ClO2. The molecule has 0 aliphatic rings. The van der Waals surface area contributed by atoms with E-state index in [0.717, 1.165) is 25.7 Å². The van der Waals surface area contributed by atoms with Gasteiger partial charge in [-0.2, -0.15) is 0 Å². The minimum atomic E-state index is -0.182. The second kappa shape index (κ2) is 10.3. The van der Waals surface area contributed by atoms with Crippen LogP contribution in [0.5, 0.6) is 0 Å². The zero-order valence-electron chi connectivity index (χ0n) is 9.93. The van der Waals surface area contributed by atoms with Gasteiger partial charge >= 0.3 is 5.97 Å². The molecule has 0 amide bonds. The van der Waals surface area contributed by atoms with Gasteiger partial charge in [-0.25, -0.2) is 0 Å². The number of hydrogen-bond donors (Lipinski definition) is 0. The number of hydrogen-bond acceptors (Lipinski definition) is 2. The first kappa shape index (κ1) is 14.8. The van der Waals surface area contributed by atoms with Crippen LogP contribution in [-0.2, 0) is 9.53 Å². The molecule has 0 radical (unpaired) electrons. The van der Waals surface area contributed by atoms with E-state index >= 15 is 0 Å². The molecule has 0 N–H and O–H groups in total. The van der Waals surface area contributed by atoms with Gasteiger partial charge in [0.15, 0.2) is 0 Å². The highest BCUT2D eigenvalue weighted by molar-refractivity contribution is 6.20. The number of carbonyl (C=O) groups is 1. The first-order valence-corrected chi connectivity index (χ1v) is 6.38. The van der Waals surface area contributed by atoms with Crippen LogP contribution < -0.4 is 0 Å². The van der Waals surface area contributed by atoms with Gasteiger partial charge in [0.05, 0.1) is 6.61 Å². The van der Waals surface area contributed by atoms with Gasteiger partial charge in [0.1, 0.15) is 0 Å². The van der Waals surface area contributed by atoms with E-state index < -0.39 is 0 Å². The number of carbonyl (C=O) groups excluding carboxylic acids is 1. The summed E-state index contributed by atoms with van der Waals surface area (Å²) in [6, 6.07) is 0. The standard InChI is InChI=1S/C12H23ClO2/c1-3-8-12(13)9-6-4-5-7-10-15-11(2)14/h12H,3-10H2,1-2H3. The molecular weight excluding hydrogens is 212 g/mol. The third-order valence-corrected chi connectivity index (χ3v) is 2.76. The molecule has 0 aromatic carbocycles. The van der Waals surface area contributed by atoms with Crippen molar-refractivity contribution in [3.8, 4) is 0 Å². The Labute approximate surface area is 98.3 Å². The van der Waals surface area contributed by atoms with Crippen molar-refractivity contribution in [1.29, 1.82) is 0 Å². The molecule has 1 unspecified atom stereocenters. The van der Waals surface area contributed by atoms with Gasteiger partial charge in [-0.1, -0.05) is 32.6 Å². The molecule has 0 fully saturated rings. The zero-order chi connectivity index (χ0) is 11.5. The van der Waals surface area contributed by atoms with Gasteiger partial charge in [0.2, 0.25) is 0 Å². The lowest BCUT2D eigenvalue weighted by Crippen LogP contribution is -2.00. The van der Waals surface area contributed by atoms with E-state index in [4.69, 9.17) is 16.3 Å². The summed E-state index contributed by atoms with van der Waals surface area (Å²) in [4.78, 5) is 10.5. The monoisotopic (exact) mass is 234 g/mol. The molecule has 15 heavy (non-hydrogen) atoms. The molecule has 0 aliphatic heterocycles. The number of rotatable bonds is 9. The third-order valence-electron chi connectivity index (χ3n) is 2.32. The van der Waals surface area contributed by atoms with Crippen molar-refractivity contribution in [2.24, 2.45) is 0 Å². The number of halogens is 1. The summed E-state index contributed by atoms with van der Waals surface area (Å²) in [5.74, 6) is -0.182. The Bertz CT molecular complexity index is 160. The van der Waals surface area contributed by atoms with Gasteiger partial charge < -0.3 is 4.74 Å². The van der Waals surface area contributed by atoms with E-state index in [-0.39, 0.29) is 5.97 Å². The van der Waals surface area contributed by atoms with Crippen LogP contribution in [0.1, 0.15) is 58.8 Å². The smallest absolute Gasteiger partial charge is 0.302 e. The van der Waals surface area contributed by atoms with E-state index in [1.807, 2.05) is 0 Å². The molecule has 0 saturated carbocycles. The van der Waals surface area contributed by atoms with E-state index in [1.165, 1.54) is 26.2 Å². The summed E-state index contributed by atoms with van der Waals surface area (Å²) in [7, 11) is 0. The lowest BCUT2D eigenvalue weighted by atomic mass is 10.1. The van der Waals surface area contributed by atoms with Crippen molar-refractivity contribution in [3.63, 3.8) is 0 Å². The van der Waals surface area contributed by atoms with Crippen molar-refractivity contribution in [2.75, 3.05) is 6.61 Å². The van der Waals surface area contributed by atoms with Crippen LogP contribution in [-0.4, -0.2) is 18.0 Å². The summed E-state index contributed by atoms with van der Waals surface area (Å²) < 4.78 is 4.84. The lowest BCUT2D eigenvalue weighted by Gasteiger charge is -2.07. The molecule has 0 aliphatic carbocycles. The Morgan fingerprint density at radius 2 is 1.87 bits per heavy atom. The number of esters is 1. The maximum Gasteiger partial charge on any atom is 0.302 e. The van der Waals surface area contributed by atoms with E-state index in [1.54, 1.807) is 0 Å². The number of alkyl halides is 1. The minimum Gasteiger partial charge on any atom is -0.466 e. The van der Waals surface area contributed by atoms with Gasteiger partial charge in [-0.15, -0.1) is 11.6 Å². The maximum atomic E-state index is 10.5. The van der Waals surface area contributed by atoms with Crippen LogP contribution in [0.15, 0.2) is 0 Å². The molecule has 0 aromatic heterocycles. The van der Waals surface area contributed by atoms with E-state index in [0.29, 0.717) is 12.0 Å². The van der Waals surface area contributed by atoms with Crippen LogP contribution in [0.4, 0.5) is 0 Å². The van der Waals surface area contributed by atoms with Crippen molar-refractivity contribution < 1.29 is 9.53 Å². The summed E-state index contributed by atoms with van der Waals surface area (Å²) in [5, 5.41) is 0.350. The second-order valence-corrected chi connectivity index (χ2v) is 4.55. The summed E-state index contributed by atoms with van der Waals surface area (Å²) in [6.07, 6.45) is 7.88. The van der Waals surface area contributed by atoms with Crippen molar-refractivity contribution >= 4 is 17.6 Å². The Balaban J connectivity index is 3.07. The molecule has 0 spiro atoms. The summed E-state index contributed by atoms with van der Waals surface area (Å²) in [6.45, 7) is 4.17. The molecule has 90 valence electrons. The van der Waals surface area contributed by atoms with Crippen LogP contribution in [0.25, 0.3) is 0 Å². The largest absolute Gasteiger partial charge is 0.466 e. The van der Waals surface area contributed by atoms with Gasteiger partial charge in [0, 0.05) is 12.3 Å². The van der Waals surface area contributed by atoms with Crippen molar-refractivity contribution in [3.05, 3.63) is 0 Å². The van der Waals surface area contributed by atoms with E-state index in [2.05, 4.69) is 6.92 Å². The first-order chi connectivity index (χ1) is 7.16. The van der Waals surface area contributed by atoms with Crippen LogP contribution in [0, 0.1) is 0 Å². The van der Waals surface area contributed by atoms with E-state index in [9.17, 15) is 4.79 Å². The second-order valence-electron chi connectivity index (χ2n) is 3.93. The van der Waals surface area contributed by atoms with Crippen LogP contribution in [0.2, 0.25) is 0 Å². The first-order valence-electron chi connectivity index (χ1n) is 5.94. The lowest BCUT2D eigenvalue weighted by molar-refractivity contribution is -0.141. The average molecular weight is 235 g/mol.